The summed E-state index contributed by atoms with van der Waals surface area (Å²) in [6.07, 6.45) is 0. The maximum Gasteiger partial charge on any atom is 0.255 e. The third-order valence-corrected chi connectivity index (χ3v) is 3.77. The molecule has 1 N–H and O–H groups in total. The van der Waals surface area contributed by atoms with Crippen LogP contribution >= 0.6 is 15.9 Å². The molecule has 0 bridgehead atoms. The molecule has 0 aliphatic heterocycles. The van der Waals surface area contributed by atoms with Gasteiger partial charge in [0.1, 0.15) is 11.5 Å². The summed E-state index contributed by atoms with van der Waals surface area (Å²) in [6, 6.07) is 12.1. The lowest BCUT2D eigenvalue weighted by molar-refractivity contribution is 0.0783. The Kier molecular flexibility index (Phi) is 4.85. The molecular weight excluding hydrogens is 334 g/mol. The first kappa shape index (κ1) is 15.4. The third kappa shape index (κ3) is 3.76. The number of amides is 1. The molecule has 21 heavy (non-hydrogen) atoms. The Morgan fingerprint density at radius 1 is 1.29 bits per heavy atom. The Morgan fingerprint density at radius 2 is 2.05 bits per heavy atom. The molecule has 2 rings (SSSR count). The molecule has 0 fully saturated rings. The smallest absolute Gasteiger partial charge is 0.255 e. The molecule has 0 unspecified atom stereocenters. The summed E-state index contributed by atoms with van der Waals surface area (Å²) in [5, 5.41) is 9.47. The van der Waals surface area contributed by atoms with Crippen LogP contribution in [0.5, 0.6) is 11.5 Å². The van der Waals surface area contributed by atoms with Crippen LogP contribution in [0.25, 0.3) is 0 Å². The Hall–Kier alpha value is -2.01. The zero-order valence-corrected chi connectivity index (χ0v) is 13.4. The lowest BCUT2D eigenvalue weighted by Crippen LogP contribution is -2.26. The topological polar surface area (TPSA) is 49.8 Å². The van der Waals surface area contributed by atoms with Crippen molar-refractivity contribution in [3.63, 3.8) is 0 Å². The molecule has 110 valence electrons. The molecule has 4 nitrogen and oxygen atoms in total. The maximum atomic E-state index is 12.5. The van der Waals surface area contributed by atoms with Crippen molar-refractivity contribution >= 4 is 21.8 Å². The minimum Gasteiger partial charge on any atom is -0.508 e. The van der Waals surface area contributed by atoms with E-state index in [0.29, 0.717) is 17.9 Å². The normalized spacial score (nSPS) is 10.2. The molecule has 0 aliphatic rings. The van der Waals surface area contributed by atoms with Crippen molar-refractivity contribution in [3.05, 3.63) is 58.1 Å². The van der Waals surface area contributed by atoms with Gasteiger partial charge in [0.25, 0.3) is 5.91 Å². The summed E-state index contributed by atoms with van der Waals surface area (Å²) in [5.74, 6) is 0.701. The molecule has 2 aromatic rings. The summed E-state index contributed by atoms with van der Waals surface area (Å²) in [7, 11) is 3.28. The Labute approximate surface area is 132 Å². The Balaban J connectivity index is 2.19. The highest BCUT2D eigenvalue weighted by Gasteiger charge is 2.16. The fourth-order valence-electron chi connectivity index (χ4n) is 2.00. The molecule has 0 atom stereocenters. The van der Waals surface area contributed by atoms with Crippen LogP contribution in [0.1, 0.15) is 15.9 Å². The van der Waals surface area contributed by atoms with Gasteiger partial charge in [0.2, 0.25) is 0 Å². The molecule has 0 radical (unpaired) electrons. The first-order valence-electron chi connectivity index (χ1n) is 6.38. The van der Waals surface area contributed by atoms with Gasteiger partial charge in [-0.1, -0.05) is 12.1 Å². The number of carbonyl (C=O) groups is 1. The summed E-state index contributed by atoms with van der Waals surface area (Å²) in [5.41, 5.74) is 1.40. The van der Waals surface area contributed by atoms with Crippen LogP contribution in [0.15, 0.2) is 46.9 Å². The standard InChI is InChI=1S/C16H16BrNO3/c1-18(10-11-4-3-5-12(19)8-11)16(20)14-9-13(21-2)6-7-15(14)17/h3-9,19H,10H2,1-2H3. The van der Waals surface area contributed by atoms with Crippen LogP contribution in [0, 0.1) is 0 Å². The van der Waals surface area contributed by atoms with E-state index in [1.165, 1.54) is 0 Å². The lowest BCUT2D eigenvalue weighted by Gasteiger charge is -2.18. The lowest BCUT2D eigenvalue weighted by atomic mass is 10.1. The first-order chi connectivity index (χ1) is 10.0. The van der Waals surface area contributed by atoms with E-state index in [0.717, 1.165) is 10.0 Å². The van der Waals surface area contributed by atoms with Crippen molar-refractivity contribution in [1.82, 2.24) is 4.90 Å². The molecule has 0 aliphatic carbocycles. The second-order valence-corrected chi connectivity index (χ2v) is 5.53. The number of ether oxygens (including phenoxy) is 1. The van der Waals surface area contributed by atoms with Gasteiger partial charge in [0, 0.05) is 18.1 Å². The number of hydrogen-bond acceptors (Lipinski definition) is 3. The van der Waals surface area contributed by atoms with E-state index in [2.05, 4.69) is 15.9 Å². The first-order valence-corrected chi connectivity index (χ1v) is 7.17. The van der Waals surface area contributed by atoms with Gasteiger partial charge < -0.3 is 14.7 Å². The second-order valence-electron chi connectivity index (χ2n) is 4.68. The van der Waals surface area contributed by atoms with Crippen molar-refractivity contribution in [1.29, 1.82) is 0 Å². The fourth-order valence-corrected chi connectivity index (χ4v) is 2.42. The molecule has 0 heterocycles. The zero-order valence-electron chi connectivity index (χ0n) is 11.8. The van der Waals surface area contributed by atoms with Crippen LogP contribution in [-0.4, -0.2) is 30.1 Å². The SMILES string of the molecule is COc1ccc(Br)c(C(=O)N(C)Cc2cccc(O)c2)c1. The van der Waals surface area contributed by atoms with Gasteiger partial charge in [-0.2, -0.15) is 0 Å². The zero-order chi connectivity index (χ0) is 15.4. The summed E-state index contributed by atoms with van der Waals surface area (Å²) in [6.45, 7) is 0.414. The van der Waals surface area contributed by atoms with Gasteiger partial charge in [-0.05, 0) is 51.8 Å². The van der Waals surface area contributed by atoms with Gasteiger partial charge in [-0.15, -0.1) is 0 Å². The Bertz CT molecular complexity index is 658. The van der Waals surface area contributed by atoms with Crippen LogP contribution in [-0.2, 0) is 6.54 Å². The van der Waals surface area contributed by atoms with E-state index in [9.17, 15) is 9.90 Å². The average molecular weight is 350 g/mol. The summed E-state index contributed by atoms with van der Waals surface area (Å²) < 4.78 is 5.87. The van der Waals surface area contributed by atoms with Crippen molar-refractivity contribution in [2.24, 2.45) is 0 Å². The van der Waals surface area contributed by atoms with E-state index in [1.54, 1.807) is 55.5 Å². The van der Waals surface area contributed by atoms with Crippen molar-refractivity contribution in [3.8, 4) is 11.5 Å². The van der Waals surface area contributed by atoms with Crippen LogP contribution in [0.3, 0.4) is 0 Å². The number of benzene rings is 2. The van der Waals surface area contributed by atoms with Gasteiger partial charge in [0.05, 0.1) is 12.7 Å². The number of nitrogens with zero attached hydrogens (tertiary/aromatic N) is 1. The van der Waals surface area contributed by atoms with Crippen LogP contribution in [0.2, 0.25) is 0 Å². The number of aromatic hydroxyl groups is 1. The largest absolute Gasteiger partial charge is 0.508 e. The molecule has 1 amide bonds. The van der Waals surface area contributed by atoms with Crippen molar-refractivity contribution < 1.29 is 14.6 Å². The van der Waals surface area contributed by atoms with Gasteiger partial charge in [-0.25, -0.2) is 0 Å². The molecule has 5 heteroatoms. The highest BCUT2D eigenvalue weighted by molar-refractivity contribution is 9.10. The fraction of sp³-hybridized carbons (Fsp3) is 0.188. The summed E-state index contributed by atoms with van der Waals surface area (Å²) >= 11 is 3.38. The van der Waals surface area contributed by atoms with E-state index < -0.39 is 0 Å². The van der Waals surface area contributed by atoms with E-state index in [1.807, 2.05) is 6.07 Å². The van der Waals surface area contributed by atoms with E-state index in [4.69, 9.17) is 4.74 Å². The molecule has 0 spiro atoms. The van der Waals surface area contributed by atoms with E-state index in [-0.39, 0.29) is 11.7 Å². The molecule has 2 aromatic carbocycles. The number of hydrogen-bond donors (Lipinski definition) is 1. The minimum absolute atomic E-state index is 0.121. The predicted molar refractivity (Wildman–Crippen MR) is 84.6 cm³/mol. The van der Waals surface area contributed by atoms with Crippen LogP contribution < -0.4 is 4.74 Å². The third-order valence-electron chi connectivity index (χ3n) is 3.08. The summed E-state index contributed by atoms with van der Waals surface area (Å²) in [4.78, 5) is 14.1. The quantitative estimate of drug-likeness (QED) is 0.919. The second kappa shape index (κ2) is 6.63. The predicted octanol–water partition coefficient (Wildman–Crippen LogP) is 3.44. The monoisotopic (exact) mass is 349 g/mol. The van der Waals surface area contributed by atoms with Crippen molar-refractivity contribution in [2.45, 2.75) is 6.54 Å². The number of methoxy groups -OCH3 is 1. The number of phenols is 1. The number of carbonyl (C=O) groups excluding carboxylic acids is 1. The van der Waals surface area contributed by atoms with Crippen molar-refractivity contribution in [2.75, 3.05) is 14.2 Å². The molecular formula is C16H16BrNO3. The number of phenolic OH excluding ortho intramolecular Hbond substituents is 1. The van der Waals surface area contributed by atoms with E-state index >= 15 is 0 Å². The minimum atomic E-state index is -0.121. The van der Waals surface area contributed by atoms with Crippen LogP contribution in [0.4, 0.5) is 0 Å². The number of rotatable bonds is 4. The molecule has 0 saturated heterocycles. The van der Waals surface area contributed by atoms with Gasteiger partial charge in [-0.3, -0.25) is 4.79 Å². The molecule has 0 aromatic heterocycles. The highest BCUT2D eigenvalue weighted by atomic mass is 79.9. The maximum absolute atomic E-state index is 12.5. The highest BCUT2D eigenvalue weighted by Crippen LogP contribution is 2.24. The Morgan fingerprint density at radius 3 is 2.71 bits per heavy atom. The average Bonchev–Trinajstić information content (AvgIpc) is 2.47. The number of halogens is 1. The van der Waals surface area contributed by atoms with Gasteiger partial charge in [0.15, 0.2) is 0 Å². The molecule has 0 saturated carbocycles. The van der Waals surface area contributed by atoms with Gasteiger partial charge >= 0.3 is 0 Å².